The second kappa shape index (κ2) is 5.36. The van der Waals surface area contributed by atoms with Gasteiger partial charge in [-0.15, -0.1) is 11.3 Å². The Hall–Kier alpha value is -2.93. The van der Waals surface area contributed by atoms with Crippen molar-refractivity contribution in [1.82, 2.24) is 9.97 Å². The Kier molecular flexibility index (Phi) is 3.20. The van der Waals surface area contributed by atoms with Gasteiger partial charge < -0.3 is 11.1 Å². The average molecular weight is 323 g/mol. The molecule has 1 aromatic carbocycles. The molecule has 1 aliphatic heterocycles. The zero-order valence-electron chi connectivity index (χ0n) is 12.0. The van der Waals surface area contributed by atoms with E-state index < -0.39 is 5.91 Å². The monoisotopic (exact) mass is 323 g/mol. The number of hydrogen-bond acceptors (Lipinski definition) is 6. The molecule has 0 bridgehead atoms. The number of anilines is 3. The first kappa shape index (κ1) is 13.7. The molecular formula is C16H13N5OS. The molecule has 1 amide bonds. The van der Waals surface area contributed by atoms with Crippen LogP contribution in [-0.2, 0) is 0 Å². The lowest BCUT2D eigenvalue weighted by atomic mass is 10.2. The Morgan fingerprint density at radius 3 is 2.87 bits per heavy atom. The summed E-state index contributed by atoms with van der Waals surface area (Å²) in [5, 5.41) is 6.31. The summed E-state index contributed by atoms with van der Waals surface area (Å²) >= 11 is 1.57. The molecule has 4 rings (SSSR count). The van der Waals surface area contributed by atoms with Gasteiger partial charge in [0.15, 0.2) is 6.17 Å². The number of carbonyl (C=O) groups is 1. The molecule has 114 valence electrons. The Morgan fingerprint density at radius 1 is 1.22 bits per heavy atom. The summed E-state index contributed by atoms with van der Waals surface area (Å²) in [4.78, 5) is 22.3. The molecule has 0 spiro atoms. The molecule has 0 saturated heterocycles. The van der Waals surface area contributed by atoms with E-state index in [0.29, 0.717) is 11.4 Å². The highest BCUT2D eigenvalue weighted by Crippen LogP contribution is 2.45. The summed E-state index contributed by atoms with van der Waals surface area (Å²) in [5.74, 6) is 0.179. The van der Waals surface area contributed by atoms with Gasteiger partial charge >= 0.3 is 0 Å². The van der Waals surface area contributed by atoms with Crippen molar-refractivity contribution in [2.45, 2.75) is 6.17 Å². The van der Waals surface area contributed by atoms with Gasteiger partial charge in [-0.2, -0.15) is 0 Å². The number of fused-ring (bicyclic) bond motifs is 1. The number of primary amides is 1. The van der Waals surface area contributed by atoms with Crippen LogP contribution >= 0.6 is 11.3 Å². The largest absolute Gasteiger partial charge is 0.366 e. The number of amides is 1. The van der Waals surface area contributed by atoms with Crippen LogP contribution in [0.2, 0.25) is 0 Å². The van der Waals surface area contributed by atoms with Crippen LogP contribution in [-0.4, -0.2) is 15.9 Å². The highest BCUT2D eigenvalue weighted by Gasteiger charge is 2.33. The topological polar surface area (TPSA) is 84.1 Å². The lowest BCUT2D eigenvalue weighted by Gasteiger charge is -2.24. The lowest BCUT2D eigenvalue weighted by molar-refractivity contribution is 0.1000. The van der Waals surface area contributed by atoms with Crippen LogP contribution in [0, 0.1) is 0 Å². The highest BCUT2D eigenvalue weighted by molar-refractivity contribution is 7.09. The number of nitrogens with zero attached hydrogens (tertiary/aromatic N) is 3. The van der Waals surface area contributed by atoms with Crippen LogP contribution in [0.1, 0.15) is 21.5 Å². The fraction of sp³-hybridized carbons (Fsp3) is 0.0625. The van der Waals surface area contributed by atoms with Gasteiger partial charge in [0.1, 0.15) is 10.8 Å². The molecule has 2 aromatic heterocycles. The Bertz CT molecular complexity index is 864. The van der Waals surface area contributed by atoms with E-state index in [-0.39, 0.29) is 6.17 Å². The van der Waals surface area contributed by atoms with Crippen LogP contribution in [0.5, 0.6) is 0 Å². The number of carbonyl (C=O) groups excluding carboxylic acids is 1. The summed E-state index contributed by atoms with van der Waals surface area (Å²) in [6, 6.07) is 11.3. The molecule has 1 aliphatic rings. The smallest absolute Gasteiger partial charge is 0.248 e. The van der Waals surface area contributed by atoms with Gasteiger partial charge in [0, 0.05) is 23.3 Å². The molecule has 3 aromatic rings. The number of pyridine rings is 1. The van der Waals surface area contributed by atoms with E-state index in [1.165, 1.54) is 0 Å². The number of aromatic nitrogens is 2. The first-order valence-electron chi connectivity index (χ1n) is 7.04. The van der Waals surface area contributed by atoms with Crippen molar-refractivity contribution < 1.29 is 4.79 Å². The van der Waals surface area contributed by atoms with Gasteiger partial charge in [-0.3, -0.25) is 9.69 Å². The first-order valence-corrected chi connectivity index (χ1v) is 7.92. The molecule has 6 nitrogen and oxygen atoms in total. The molecule has 7 heteroatoms. The number of nitrogens with two attached hydrogens (primary N) is 1. The zero-order chi connectivity index (χ0) is 15.8. The molecule has 23 heavy (non-hydrogen) atoms. The number of benzene rings is 1. The third-order valence-electron chi connectivity index (χ3n) is 3.68. The van der Waals surface area contributed by atoms with Crippen LogP contribution in [0.15, 0.2) is 54.2 Å². The Morgan fingerprint density at radius 2 is 2.09 bits per heavy atom. The van der Waals surface area contributed by atoms with Crippen molar-refractivity contribution >= 4 is 34.4 Å². The number of para-hydroxylation sites is 2. The van der Waals surface area contributed by atoms with Gasteiger partial charge in [0.05, 0.1) is 11.4 Å². The Balaban J connectivity index is 1.85. The van der Waals surface area contributed by atoms with Crippen molar-refractivity contribution in [3.63, 3.8) is 0 Å². The van der Waals surface area contributed by atoms with E-state index in [2.05, 4.69) is 15.3 Å². The maximum Gasteiger partial charge on any atom is 0.248 e. The minimum Gasteiger partial charge on any atom is -0.366 e. The van der Waals surface area contributed by atoms with Crippen molar-refractivity contribution in [3.05, 3.63) is 64.7 Å². The van der Waals surface area contributed by atoms with Gasteiger partial charge in [0.25, 0.3) is 0 Å². The number of thiazole rings is 1. The summed E-state index contributed by atoms with van der Waals surface area (Å²) in [6.45, 7) is 0. The third kappa shape index (κ3) is 2.31. The normalized spacial score (nSPS) is 16.0. The molecule has 0 radical (unpaired) electrons. The van der Waals surface area contributed by atoms with E-state index in [9.17, 15) is 4.79 Å². The second-order valence-electron chi connectivity index (χ2n) is 5.07. The molecule has 3 heterocycles. The molecule has 3 N–H and O–H groups in total. The maximum atomic E-state index is 11.5. The Labute approximate surface area is 136 Å². The van der Waals surface area contributed by atoms with Crippen LogP contribution in [0.25, 0.3) is 0 Å². The first-order chi connectivity index (χ1) is 11.2. The minimum atomic E-state index is -0.472. The number of hydrogen-bond donors (Lipinski definition) is 2. The molecule has 0 saturated carbocycles. The molecular weight excluding hydrogens is 310 g/mol. The fourth-order valence-corrected chi connectivity index (χ4v) is 3.33. The van der Waals surface area contributed by atoms with E-state index in [0.717, 1.165) is 16.4 Å². The summed E-state index contributed by atoms with van der Waals surface area (Å²) < 4.78 is 0. The fourth-order valence-electron chi connectivity index (χ4n) is 2.66. The van der Waals surface area contributed by atoms with E-state index in [4.69, 9.17) is 5.73 Å². The average Bonchev–Trinajstić information content (AvgIpc) is 3.22. The summed E-state index contributed by atoms with van der Waals surface area (Å²) in [5.41, 5.74) is 7.81. The summed E-state index contributed by atoms with van der Waals surface area (Å²) in [7, 11) is 0. The van der Waals surface area contributed by atoms with Crippen molar-refractivity contribution in [3.8, 4) is 0 Å². The molecule has 1 unspecified atom stereocenters. The second-order valence-corrected chi connectivity index (χ2v) is 6.00. The molecule has 1 atom stereocenters. The highest BCUT2D eigenvalue weighted by atomic mass is 32.1. The van der Waals surface area contributed by atoms with E-state index >= 15 is 0 Å². The van der Waals surface area contributed by atoms with Gasteiger partial charge in [-0.25, -0.2) is 9.97 Å². The molecule has 0 aliphatic carbocycles. The van der Waals surface area contributed by atoms with E-state index in [1.807, 2.05) is 34.5 Å². The summed E-state index contributed by atoms with van der Waals surface area (Å²) in [6.07, 6.45) is 3.20. The lowest BCUT2D eigenvalue weighted by Crippen LogP contribution is -2.24. The van der Waals surface area contributed by atoms with Crippen molar-refractivity contribution in [2.75, 3.05) is 10.2 Å². The quantitative estimate of drug-likeness (QED) is 0.774. The van der Waals surface area contributed by atoms with Gasteiger partial charge in [-0.05, 0) is 24.3 Å². The zero-order valence-corrected chi connectivity index (χ0v) is 12.8. The standard InChI is InChI=1S/C16H13N5OS/c17-14(22)10-5-6-18-13(9-10)21-12-4-2-1-3-11(12)20-15(21)16-19-7-8-23-16/h1-9,15,20H,(H2,17,22). The van der Waals surface area contributed by atoms with Crippen molar-refractivity contribution in [1.29, 1.82) is 0 Å². The number of rotatable bonds is 3. The van der Waals surface area contributed by atoms with Crippen molar-refractivity contribution in [2.24, 2.45) is 5.73 Å². The maximum absolute atomic E-state index is 11.5. The predicted molar refractivity (Wildman–Crippen MR) is 89.8 cm³/mol. The number of nitrogens with one attached hydrogen (secondary N) is 1. The van der Waals surface area contributed by atoms with Crippen LogP contribution in [0.3, 0.4) is 0 Å². The minimum absolute atomic E-state index is 0.164. The van der Waals surface area contributed by atoms with Crippen LogP contribution in [0.4, 0.5) is 17.2 Å². The SMILES string of the molecule is NC(=O)c1ccnc(N2c3ccccc3NC2c2nccs2)c1. The third-order valence-corrected chi connectivity index (χ3v) is 4.50. The van der Waals surface area contributed by atoms with Crippen LogP contribution < -0.4 is 16.0 Å². The van der Waals surface area contributed by atoms with Gasteiger partial charge in [-0.1, -0.05) is 12.1 Å². The molecule has 0 fully saturated rings. The predicted octanol–water partition coefficient (Wildman–Crippen LogP) is 2.90. The van der Waals surface area contributed by atoms with Gasteiger partial charge in [0.2, 0.25) is 5.91 Å². The van der Waals surface area contributed by atoms with E-state index in [1.54, 1.807) is 35.9 Å².